The largest absolute Gasteiger partial charge is 0.354 e. The molecule has 1 aliphatic rings. The van der Waals surface area contributed by atoms with Gasteiger partial charge in [0.15, 0.2) is 11.4 Å². The molecule has 5 rings (SSSR count). The summed E-state index contributed by atoms with van der Waals surface area (Å²) in [7, 11) is 0. The minimum Gasteiger partial charge on any atom is -0.354 e. The van der Waals surface area contributed by atoms with Crippen LogP contribution in [0.5, 0.6) is 0 Å². The molecule has 160 valence electrons. The van der Waals surface area contributed by atoms with Crippen molar-refractivity contribution in [1.29, 1.82) is 0 Å². The van der Waals surface area contributed by atoms with Gasteiger partial charge in [-0.05, 0) is 6.92 Å². The molecule has 0 N–H and O–H groups in total. The fourth-order valence-corrected chi connectivity index (χ4v) is 3.90. The molecule has 0 saturated carbocycles. The minimum atomic E-state index is -3.24. The van der Waals surface area contributed by atoms with Gasteiger partial charge >= 0.3 is 5.69 Å². The zero-order valence-electron chi connectivity index (χ0n) is 16.1. The molecular formula is C20H13F5N4O2. The van der Waals surface area contributed by atoms with E-state index in [0.717, 1.165) is 15.3 Å². The van der Waals surface area contributed by atoms with E-state index in [9.17, 15) is 26.7 Å². The van der Waals surface area contributed by atoms with Gasteiger partial charge in [-0.1, -0.05) is 12.1 Å². The first-order valence-electron chi connectivity index (χ1n) is 9.22. The van der Waals surface area contributed by atoms with E-state index in [0.29, 0.717) is 17.8 Å². The molecule has 0 unspecified atom stereocenters. The Labute approximate surface area is 170 Å². The molecule has 1 aromatic carbocycles. The maximum Gasteiger partial charge on any atom is 0.334 e. The zero-order chi connectivity index (χ0) is 22.2. The maximum atomic E-state index is 14.5. The van der Waals surface area contributed by atoms with Gasteiger partial charge in [0, 0.05) is 42.6 Å². The van der Waals surface area contributed by atoms with E-state index in [2.05, 4.69) is 10.1 Å². The predicted octanol–water partition coefficient (Wildman–Crippen LogP) is 4.31. The fourth-order valence-electron chi connectivity index (χ4n) is 3.90. The Morgan fingerprint density at radius 1 is 1.16 bits per heavy atom. The summed E-state index contributed by atoms with van der Waals surface area (Å²) in [4.78, 5) is 17.0. The molecular weight excluding hydrogens is 423 g/mol. The van der Waals surface area contributed by atoms with E-state index in [1.807, 2.05) is 0 Å². The lowest BCUT2D eigenvalue weighted by molar-refractivity contribution is -0.0454. The molecule has 11 heteroatoms. The lowest BCUT2D eigenvalue weighted by Crippen LogP contribution is -2.24. The lowest BCUT2D eigenvalue weighted by atomic mass is 10.0. The Hall–Kier alpha value is -3.50. The van der Waals surface area contributed by atoms with Crippen LogP contribution in [-0.2, 0) is 12.5 Å². The number of benzene rings is 1. The monoisotopic (exact) mass is 436 g/mol. The number of fused-ring (bicyclic) bond motifs is 2. The Morgan fingerprint density at radius 3 is 2.48 bits per heavy atom. The average molecular weight is 436 g/mol. The molecule has 0 aliphatic carbocycles. The Bertz CT molecular complexity index is 1410. The number of hydrogen-bond donors (Lipinski definition) is 0. The van der Waals surface area contributed by atoms with Crippen LogP contribution in [0, 0.1) is 30.3 Å². The third-order valence-electron chi connectivity index (χ3n) is 5.43. The summed E-state index contributed by atoms with van der Waals surface area (Å²) < 4.78 is 78.3. The minimum absolute atomic E-state index is 0.0269. The predicted molar refractivity (Wildman–Crippen MR) is 98.5 cm³/mol. The smallest absolute Gasteiger partial charge is 0.334 e. The van der Waals surface area contributed by atoms with Crippen LogP contribution in [0.15, 0.2) is 33.7 Å². The number of nitrogens with zero attached hydrogens (tertiary/aromatic N) is 4. The molecule has 4 aromatic rings. The highest BCUT2D eigenvalue weighted by Crippen LogP contribution is 2.42. The number of rotatable bonds is 2. The van der Waals surface area contributed by atoms with Crippen molar-refractivity contribution < 1.29 is 26.5 Å². The van der Waals surface area contributed by atoms with E-state index in [1.165, 1.54) is 19.9 Å². The van der Waals surface area contributed by atoms with Crippen molar-refractivity contribution in [2.75, 3.05) is 0 Å². The van der Waals surface area contributed by atoms with Gasteiger partial charge in [0.25, 0.3) is 5.92 Å². The third-order valence-corrected chi connectivity index (χ3v) is 5.43. The fraction of sp³-hybridized carbons (Fsp3) is 0.250. The van der Waals surface area contributed by atoms with E-state index in [4.69, 9.17) is 4.52 Å². The van der Waals surface area contributed by atoms with Crippen LogP contribution in [0.25, 0.3) is 28.0 Å². The van der Waals surface area contributed by atoms with Crippen molar-refractivity contribution in [2.24, 2.45) is 5.92 Å². The quantitative estimate of drug-likeness (QED) is 0.440. The van der Waals surface area contributed by atoms with Gasteiger partial charge in [0.1, 0.15) is 23.1 Å². The zero-order valence-corrected chi connectivity index (χ0v) is 16.1. The second-order valence-electron chi connectivity index (χ2n) is 7.54. The van der Waals surface area contributed by atoms with Crippen molar-refractivity contribution in [3.63, 3.8) is 0 Å². The van der Waals surface area contributed by atoms with Gasteiger partial charge < -0.3 is 4.52 Å². The summed E-state index contributed by atoms with van der Waals surface area (Å²) in [6.45, 7) is 2.66. The topological polar surface area (TPSA) is 65.8 Å². The molecule has 6 nitrogen and oxygen atoms in total. The highest BCUT2D eigenvalue weighted by Gasteiger charge is 2.48. The van der Waals surface area contributed by atoms with E-state index in [-0.39, 0.29) is 29.0 Å². The second-order valence-corrected chi connectivity index (χ2v) is 7.54. The van der Waals surface area contributed by atoms with Crippen molar-refractivity contribution >= 4 is 11.0 Å². The van der Waals surface area contributed by atoms with Crippen LogP contribution < -0.4 is 5.69 Å². The molecule has 0 spiro atoms. The Balaban J connectivity index is 1.82. The number of imidazole rings is 1. The number of aromatic nitrogens is 4. The van der Waals surface area contributed by atoms with E-state index < -0.39 is 46.2 Å². The normalized spacial score (nSPS) is 17.5. The average Bonchev–Trinajstić information content (AvgIpc) is 3.28. The SMILES string of the molecule is Cc1cc2onc(-n3cc4n(c3=O)C[C@@H](C)C4(F)F)c2c(-c2c(F)cc(F)cc2F)n1. The first-order valence-corrected chi connectivity index (χ1v) is 9.22. The molecule has 0 fully saturated rings. The molecule has 0 bridgehead atoms. The highest BCUT2D eigenvalue weighted by molar-refractivity contribution is 5.97. The summed E-state index contributed by atoms with van der Waals surface area (Å²) in [5, 5.41) is 3.71. The summed E-state index contributed by atoms with van der Waals surface area (Å²) >= 11 is 0. The van der Waals surface area contributed by atoms with Gasteiger partial charge in [-0.15, -0.1) is 0 Å². The molecule has 0 amide bonds. The van der Waals surface area contributed by atoms with Gasteiger partial charge in [0.2, 0.25) is 0 Å². The molecule has 3 aromatic heterocycles. The van der Waals surface area contributed by atoms with Gasteiger partial charge in [-0.25, -0.2) is 22.5 Å². The Morgan fingerprint density at radius 2 is 1.84 bits per heavy atom. The first-order chi connectivity index (χ1) is 14.6. The molecule has 0 radical (unpaired) electrons. The first kappa shape index (κ1) is 19.5. The number of pyridine rings is 1. The molecule has 4 heterocycles. The number of aryl methyl sites for hydroxylation is 1. The summed E-state index contributed by atoms with van der Waals surface area (Å²) in [5.74, 6) is -8.13. The van der Waals surface area contributed by atoms with Crippen LogP contribution in [0.2, 0.25) is 0 Å². The summed E-state index contributed by atoms with van der Waals surface area (Å²) in [5.41, 5.74) is -1.92. The molecule has 31 heavy (non-hydrogen) atoms. The molecule has 0 saturated heterocycles. The van der Waals surface area contributed by atoms with Crippen molar-refractivity contribution in [3.8, 4) is 17.1 Å². The number of hydrogen-bond acceptors (Lipinski definition) is 4. The van der Waals surface area contributed by atoms with E-state index >= 15 is 0 Å². The number of halogens is 5. The maximum absolute atomic E-state index is 14.5. The van der Waals surface area contributed by atoms with Gasteiger partial charge in [-0.2, -0.15) is 8.78 Å². The second kappa shape index (κ2) is 6.25. The molecule has 1 aliphatic heterocycles. The van der Waals surface area contributed by atoms with Crippen LogP contribution in [0.3, 0.4) is 0 Å². The van der Waals surface area contributed by atoms with Crippen LogP contribution >= 0.6 is 0 Å². The van der Waals surface area contributed by atoms with Crippen molar-refractivity contribution in [1.82, 2.24) is 19.3 Å². The highest BCUT2D eigenvalue weighted by atomic mass is 19.3. The van der Waals surface area contributed by atoms with Gasteiger partial charge in [-0.3, -0.25) is 9.55 Å². The van der Waals surface area contributed by atoms with Crippen LogP contribution in [-0.4, -0.2) is 19.3 Å². The van der Waals surface area contributed by atoms with E-state index in [1.54, 1.807) is 0 Å². The summed E-state index contributed by atoms with van der Waals surface area (Å²) in [6, 6.07) is 2.39. The third kappa shape index (κ3) is 2.65. The number of alkyl halides is 2. The van der Waals surface area contributed by atoms with Crippen LogP contribution in [0.4, 0.5) is 22.0 Å². The molecule has 1 atom stereocenters. The van der Waals surface area contributed by atoms with Gasteiger partial charge in [0.05, 0.1) is 16.6 Å². The van der Waals surface area contributed by atoms with Crippen molar-refractivity contribution in [3.05, 3.63) is 63.7 Å². The van der Waals surface area contributed by atoms with Crippen LogP contribution in [0.1, 0.15) is 18.3 Å². The lowest BCUT2D eigenvalue weighted by Gasteiger charge is -2.13. The standard InChI is InChI=1S/C20H13F5N4O2/c1-8-6-28-14(20(8,24)25)7-29(19(28)30)18-16-13(31-27-18)3-9(2)26-17(16)15-11(22)4-10(21)5-12(15)23/h3-5,7-8H,6H2,1-2H3/t8-/m1/s1. The summed E-state index contributed by atoms with van der Waals surface area (Å²) in [6.07, 6.45) is 0.935. The van der Waals surface area contributed by atoms with Crippen molar-refractivity contribution in [2.45, 2.75) is 26.3 Å². The Kier molecular flexibility index (Phi) is 3.93.